The monoisotopic (exact) mass is 348 g/mol. The molecule has 3 aromatic rings. The third-order valence-electron chi connectivity index (χ3n) is 3.58. The van der Waals surface area contributed by atoms with Gasteiger partial charge in [-0.1, -0.05) is 0 Å². The lowest BCUT2D eigenvalue weighted by molar-refractivity contribution is -0.137. The average Bonchev–Trinajstić information content (AvgIpc) is 2.53. The fraction of sp³-hybridized carbons (Fsp3) is 0.111. The van der Waals surface area contributed by atoms with Crippen LogP contribution in [0.2, 0.25) is 0 Å². The first kappa shape index (κ1) is 16.8. The quantitative estimate of drug-likeness (QED) is 0.393. The van der Waals surface area contributed by atoms with Crippen LogP contribution < -0.4 is 10.4 Å². The molecule has 4 nitrogen and oxygen atoms in total. The lowest BCUT2D eigenvalue weighted by Crippen LogP contribution is -2.10. The van der Waals surface area contributed by atoms with Gasteiger partial charge >= 0.3 is 17.8 Å². The van der Waals surface area contributed by atoms with Gasteiger partial charge in [-0.15, -0.1) is 0 Å². The van der Waals surface area contributed by atoms with Crippen LogP contribution in [0, 0.1) is 6.92 Å². The van der Waals surface area contributed by atoms with Crippen LogP contribution in [0.1, 0.15) is 21.5 Å². The molecule has 128 valence electrons. The van der Waals surface area contributed by atoms with Crippen LogP contribution in [-0.4, -0.2) is 5.97 Å². The van der Waals surface area contributed by atoms with Crippen molar-refractivity contribution in [3.8, 4) is 5.75 Å². The van der Waals surface area contributed by atoms with Crippen LogP contribution in [0.4, 0.5) is 13.2 Å². The SMILES string of the molecule is Cc1cc(=O)oc2cc(OC(=O)c3ccc(C(F)(F)F)cc3)ccc12. The summed E-state index contributed by atoms with van der Waals surface area (Å²) in [6.45, 7) is 1.74. The highest BCUT2D eigenvalue weighted by molar-refractivity contribution is 5.91. The van der Waals surface area contributed by atoms with E-state index in [1.54, 1.807) is 13.0 Å². The molecule has 0 unspecified atom stereocenters. The Morgan fingerprint density at radius 3 is 2.36 bits per heavy atom. The molecule has 0 radical (unpaired) electrons. The summed E-state index contributed by atoms with van der Waals surface area (Å²) in [5.41, 5.74) is -0.448. The second-order valence-electron chi connectivity index (χ2n) is 5.37. The van der Waals surface area contributed by atoms with Crippen molar-refractivity contribution in [2.75, 3.05) is 0 Å². The van der Waals surface area contributed by atoms with Crippen LogP contribution in [0.3, 0.4) is 0 Å². The Balaban J connectivity index is 1.85. The topological polar surface area (TPSA) is 56.5 Å². The Labute approximate surface area is 139 Å². The molecule has 0 atom stereocenters. The fourth-order valence-corrected chi connectivity index (χ4v) is 2.33. The van der Waals surface area contributed by atoms with E-state index < -0.39 is 23.3 Å². The Bertz CT molecular complexity index is 1000. The van der Waals surface area contributed by atoms with Crippen LogP contribution in [0.5, 0.6) is 5.75 Å². The summed E-state index contributed by atoms with van der Waals surface area (Å²) in [4.78, 5) is 23.5. The predicted molar refractivity (Wildman–Crippen MR) is 83.6 cm³/mol. The highest BCUT2D eigenvalue weighted by atomic mass is 19.4. The van der Waals surface area contributed by atoms with E-state index in [1.807, 2.05) is 0 Å². The number of fused-ring (bicyclic) bond motifs is 1. The highest BCUT2D eigenvalue weighted by Gasteiger charge is 2.30. The largest absolute Gasteiger partial charge is 0.423 e. The molecule has 0 aliphatic carbocycles. The van der Waals surface area contributed by atoms with Crippen LogP contribution in [-0.2, 0) is 6.18 Å². The molecule has 0 spiro atoms. The first-order valence-corrected chi connectivity index (χ1v) is 7.18. The molecule has 0 aliphatic heterocycles. The predicted octanol–water partition coefficient (Wildman–Crippen LogP) is 4.34. The average molecular weight is 348 g/mol. The lowest BCUT2D eigenvalue weighted by Gasteiger charge is -2.08. The zero-order valence-corrected chi connectivity index (χ0v) is 12.9. The Morgan fingerprint density at radius 1 is 1.04 bits per heavy atom. The van der Waals surface area contributed by atoms with Crippen molar-refractivity contribution in [3.05, 3.63) is 75.6 Å². The molecular formula is C18H11F3O4. The fourth-order valence-electron chi connectivity index (χ4n) is 2.33. The van der Waals surface area contributed by atoms with Crippen molar-refractivity contribution in [3.63, 3.8) is 0 Å². The molecule has 25 heavy (non-hydrogen) atoms. The lowest BCUT2D eigenvalue weighted by atomic mass is 10.1. The van der Waals surface area contributed by atoms with E-state index in [2.05, 4.69) is 0 Å². The number of esters is 1. The van der Waals surface area contributed by atoms with E-state index in [4.69, 9.17) is 9.15 Å². The Kier molecular flexibility index (Phi) is 4.08. The van der Waals surface area contributed by atoms with Gasteiger partial charge in [0.15, 0.2) is 0 Å². The van der Waals surface area contributed by atoms with Gasteiger partial charge < -0.3 is 9.15 Å². The standard InChI is InChI=1S/C18H11F3O4/c1-10-8-16(22)25-15-9-13(6-7-14(10)15)24-17(23)11-2-4-12(5-3-11)18(19,20)21/h2-9H,1H3. The van der Waals surface area contributed by atoms with Crippen LogP contribution >= 0.6 is 0 Å². The number of aryl methyl sites for hydroxylation is 1. The smallest absolute Gasteiger partial charge is 0.416 e. The second-order valence-corrected chi connectivity index (χ2v) is 5.37. The molecule has 3 rings (SSSR count). The molecule has 0 N–H and O–H groups in total. The van der Waals surface area contributed by atoms with Gasteiger partial charge in [0.25, 0.3) is 0 Å². The molecule has 1 aromatic heterocycles. The molecule has 0 bridgehead atoms. The maximum Gasteiger partial charge on any atom is 0.416 e. The van der Waals surface area contributed by atoms with Crippen molar-refractivity contribution in [2.24, 2.45) is 0 Å². The number of alkyl halides is 3. The van der Waals surface area contributed by atoms with E-state index in [-0.39, 0.29) is 16.9 Å². The summed E-state index contributed by atoms with van der Waals surface area (Å²) < 4.78 is 47.8. The molecule has 1 heterocycles. The van der Waals surface area contributed by atoms with E-state index in [0.717, 1.165) is 24.3 Å². The zero-order valence-electron chi connectivity index (χ0n) is 12.9. The summed E-state index contributed by atoms with van der Waals surface area (Å²) in [5.74, 6) is -0.700. The van der Waals surface area contributed by atoms with Crippen molar-refractivity contribution in [2.45, 2.75) is 13.1 Å². The first-order chi connectivity index (χ1) is 11.7. The van der Waals surface area contributed by atoms with Gasteiger partial charge in [0.1, 0.15) is 11.3 Å². The summed E-state index contributed by atoms with van der Waals surface area (Å²) in [6, 6.07) is 9.55. The summed E-state index contributed by atoms with van der Waals surface area (Å²) >= 11 is 0. The molecule has 0 fully saturated rings. The number of hydrogen-bond donors (Lipinski definition) is 0. The molecule has 0 saturated heterocycles. The molecule has 7 heteroatoms. The van der Waals surface area contributed by atoms with Gasteiger partial charge in [-0.2, -0.15) is 13.2 Å². The van der Waals surface area contributed by atoms with E-state index in [1.165, 1.54) is 18.2 Å². The van der Waals surface area contributed by atoms with Crippen molar-refractivity contribution in [1.29, 1.82) is 0 Å². The number of carbonyl (C=O) groups excluding carboxylic acids is 1. The van der Waals surface area contributed by atoms with Crippen molar-refractivity contribution in [1.82, 2.24) is 0 Å². The van der Waals surface area contributed by atoms with Crippen molar-refractivity contribution < 1.29 is 27.1 Å². The molecular weight excluding hydrogens is 337 g/mol. The van der Waals surface area contributed by atoms with Crippen LogP contribution in [0.25, 0.3) is 11.0 Å². The minimum absolute atomic E-state index is 0.0289. The zero-order chi connectivity index (χ0) is 18.2. The number of rotatable bonds is 2. The van der Waals surface area contributed by atoms with Gasteiger partial charge in [0.2, 0.25) is 0 Å². The Morgan fingerprint density at radius 2 is 1.72 bits per heavy atom. The maximum atomic E-state index is 12.5. The number of benzene rings is 2. The van der Waals surface area contributed by atoms with E-state index >= 15 is 0 Å². The van der Waals surface area contributed by atoms with Gasteiger partial charge in [-0.3, -0.25) is 0 Å². The first-order valence-electron chi connectivity index (χ1n) is 7.18. The van der Waals surface area contributed by atoms with Gasteiger partial charge in [-0.05, 0) is 48.9 Å². The summed E-state index contributed by atoms with van der Waals surface area (Å²) in [5, 5.41) is 0.689. The molecule has 0 amide bonds. The Hall–Kier alpha value is -3.09. The highest BCUT2D eigenvalue weighted by Crippen LogP contribution is 2.29. The third kappa shape index (κ3) is 3.55. The normalized spacial score (nSPS) is 11.5. The van der Waals surface area contributed by atoms with Crippen LogP contribution in [0.15, 0.2) is 57.7 Å². The minimum Gasteiger partial charge on any atom is -0.423 e. The third-order valence-corrected chi connectivity index (χ3v) is 3.58. The number of carbonyl (C=O) groups is 1. The number of ether oxygens (including phenoxy) is 1. The van der Waals surface area contributed by atoms with Gasteiger partial charge in [-0.25, -0.2) is 9.59 Å². The van der Waals surface area contributed by atoms with Crippen molar-refractivity contribution >= 4 is 16.9 Å². The summed E-state index contributed by atoms with van der Waals surface area (Å²) in [7, 11) is 0. The van der Waals surface area contributed by atoms with E-state index in [0.29, 0.717) is 10.9 Å². The maximum absolute atomic E-state index is 12.5. The van der Waals surface area contributed by atoms with E-state index in [9.17, 15) is 22.8 Å². The molecule has 0 aliphatic rings. The second kappa shape index (κ2) is 6.08. The number of halogens is 3. The van der Waals surface area contributed by atoms with Gasteiger partial charge in [0.05, 0.1) is 11.1 Å². The molecule has 0 saturated carbocycles. The summed E-state index contributed by atoms with van der Waals surface area (Å²) in [6.07, 6.45) is -4.48. The van der Waals surface area contributed by atoms with Gasteiger partial charge in [0, 0.05) is 17.5 Å². The minimum atomic E-state index is -4.48. The number of hydrogen-bond acceptors (Lipinski definition) is 4. The molecule has 2 aromatic carbocycles.